The number of para-hydroxylation sites is 5. The van der Waals surface area contributed by atoms with Crippen molar-refractivity contribution in [1.82, 2.24) is 9.13 Å². The van der Waals surface area contributed by atoms with Gasteiger partial charge in [-0.3, -0.25) is 0 Å². The summed E-state index contributed by atoms with van der Waals surface area (Å²) in [7, 11) is 0. The molecule has 0 radical (unpaired) electrons. The summed E-state index contributed by atoms with van der Waals surface area (Å²) in [5, 5.41) is 9.89. The summed E-state index contributed by atoms with van der Waals surface area (Å²) < 4.78 is 14.1. The molecule has 0 aliphatic rings. The van der Waals surface area contributed by atoms with Crippen LogP contribution in [0, 0.1) is 0 Å². The molecule has 46 heavy (non-hydrogen) atoms. The van der Waals surface area contributed by atoms with Crippen LogP contribution in [0.1, 0.15) is 0 Å². The Morgan fingerprint density at radius 3 is 1.65 bits per heavy atom. The first-order valence-corrected chi connectivity index (χ1v) is 16.4. The van der Waals surface area contributed by atoms with Crippen molar-refractivity contribution >= 4 is 97.1 Å². The third kappa shape index (κ3) is 3.06. The lowest BCUT2D eigenvalue weighted by Gasteiger charge is -2.09. The zero-order valence-electron chi connectivity index (χ0n) is 24.6. The first-order chi connectivity index (χ1) is 22.8. The summed E-state index contributed by atoms with van der Waals surface area (Å²) in [5.41, 5.74) is 8.96. The summed E-state index contributed by atoms with van der Waals surface area (Å²) in [6.45, 7) is 0. The van der Waals surface area contributed by atoms with Gasteiger partial charge in [0, 0.05) is 48.8 Å². The summed E-state index contributed by atoms with van der Waals surface area (Å²) in [4.78, 5) is 0. The average molecular weight is 605 g/mol. The van der Waals surface area contributed by atoms with Crippen LogP contribution in [0.5, 0.6) is 0 Å². The van der Waals surface area contributed by atoms with E-state index < -0.39 is 0 Å². The van der Waals surface area contributed by atoms with Gasteiger partial charge in [0.2, 0.25) is 0 Å². The highest BCUT2D eigenvalue weighted by Crippen LogP contribution is 2.47. The molecule has 0 fully saturated rings. The van der Waals surface area contributed by atoms with E-state index in [9.17, 15) is 0 Å². The van der Waals surface area contributed by atoms with Crippen LogP contribution in [0.4, 0.5) is 0 Å². The van der Waals surface area contributed by atoms with E-state index >= 15 is 0 Å². The van der Waals surface area contributed by atoms with E-state index in [4.69, 9.17) is 4.42 Å². The number of fused-ring (bicyclic) bond motifs is 14. The van der Waals surface area contributed by atoms with E-state index in [0.29, 0.717) is 0 Å². The number of rotatable bonds is 2. The van der Waals surface area contributed by atoms with Crippen LogP contribution in [-0.2, 0) is 0 Å². The van der Waals surface area contributed by atoms with Gasteiger partial charge < -0.3 is 13.6 Å². The highest BCUT2D eigenvalue weighted by Gasteiger charge is 2.23. The van der Waals surface area contributed by atoms with Crippen LogP contribution in [-0.4, -0.2) is 9.13 Å². The monoisotopic (exact) mass is 604 g/mol. The van der Waals surface area contributed by atoms with Gasteiger partial charge in [-0.2, -0.15) is 0 Å². The zero-order chi connectivity index (χ0) is 29.9. The molecule has 214 valence electrons. The Bertz CT molecular complexity index is 3030. The normalized spacial score (nSPS) is 12.3. The molecule has 4 heterocycles. The summed E-state index contributed by atoms with van der Waals surface area (Å²) >= 11 is 1.91. The Hall–Kier alpha value is -5.84. The second-order valence-corrected chi connectivity index (χ2v) is 13.1. The SMILES string of the molecule is c1ccc(-n2c3ccccc3c3ccc4c5ccc6c7ccccc7n(-c7cccc8c7oc7ccccc78)c6c5sc4c32)cc1. The van der Waals surface area contributed by atoms with Gasteiger partial charge in [-0.1, -0.05) is 109 Å². The predicted octanol–water partition coefficient (Wildman–Crippen LogP) is 12.1. The molecular formula is C42H24N2OS. The molecule has 0 amide bonds. The summed E-state index contributed by atoms with van der Waals surface area (Å²) in [6, 6.07) is 52.5. The minimum absolute atomic E-state index is 0.911. The molecule has 0 atom stereocenters. The smallest absolute Gasteiger partial charge is 0.159 e. The minimum atomic E-state index is 0.911. The highest BCUT2D eigenvalue weighted by molar-refractivity contribution is 7.27. The van der Waals surface area contributed by atoms with Gasteiger partial charge in [0.05, 0.1) is 37.2 Å². The third-order valence-electron chi connectivity index (χ3n) is 9.71. The Morgan fingerprint density at radius 2 is 0.935 bits per heavy atom. The van der Waals surface area contributed by atoms with E-state index in [1.807, 2.05) is 17.4 Å². The molecule has 11 aromatic rings. The summed E-state index contributed by atoms with van der Waals surface area (Å²) in [6.07, 6.45) is 0. The highest BCUT2D eigenvalue weighted by atomic mass is 32.1. The fourth-order valence-electron chi connectivity index (χ4n) is 7.79. The maximum absolute atomic E-state index is 6.61. The molecular weight excluding hydrogens is 581 g/mol. The lowest BCUT2D eigenvalue weighted by molar-refractivity contribution is 0.666. The molecule has 4 heteroatoms. The molecule has 0 N–H and O–H groups in total. The van der Waals surface area contributed by atoms with E-state index in [1.54, 1.807) is 0 Å². The van der Waals surface area contributed by atoms with Crippen LogP contribution in [0.2, 0.25) is 0 Å². The number of nitrogens with zero attached hydrogens (tertiary/aromatic N) is 2. The Morgan fingerprint density at radius 1 is 0.391 bits per heavy atom. The molecule has 7 aromatic carbocycles. The molecule has 0 saturated heterocycles. The Labute approximate surface area is 266 Å². The van der Waals surface area contributed by atoms with Gasteiger partial charge in [-0.15, -0.1) is 11.3 Å². The number of hydrogen-bond acceptors (Lipinski definition) is 2. The van der Waals surface area contributed by atoms with Gasteiger partial charge in [0.25, 0.3) is 0 Å². The number of hydrogen-bond donors (Lipinski definition) is 0. The molecule has 0 spiro atoms. The standard InChI is InChI=1S/C42H24N2OS/c1-2-11-25(12-3-1)43-34-17-7-4-13-26(34)29-21-23-32-33-24-22-30-27-14-5-8-18-35(27)44(39(30)42(33)46-41(32)38(29)43)36-19-10-16-31-28-15-6-9-20-37(28)45-40(31)36/h1-24H. The van der Waals surface area contributed by atoms with Crippen molar-refractivity contribution in [1.29, 1.82) is 0 Å². The quantitative estimate of drug-likeness (QED) is 0.192. The average Bonchev–Trinajstić information content (AvgIpc) is 3.86. The number of thiophene rings is 1. The fraction of sp³-hybridized carbons (Fsp3) is 0. The Balaban J connectivity index is 1.34. The van der Waals surface area contributed by atoms with Crippen LogP contribution in [0.3, 0.4) is 0 Å². The molecule has 0 bridgehead atoms. The van der Waals surface area contributed by atoms with E-state index in [-0.39, 0.29) is 0 Å². The van der Waals surface area contributed by atoms with Crippen molar-refractivity contribution < 1.29 is 4.42 Å². The molecule has 0 aliphatic heterocycles. The predicted molar refractivity (Wildman–Crippen MR) is 195 cm³/mol. The van der Waals surface area contributed by atoms with Crippen molar-refractivity contribution in [2.75, 3.05) is 0 Å². The van der Waals surface area contributed by atoms with Gasteiger partial charge in [-0.25, -0.2) is 0 Å². The van der Waals surface area contributed by atoms with Gasteiger partial charge >= 0.3 is 0 Å². The Kier molecular flexibility index (Phi) is 4.72. The van der Waals surface area contributed by atoms with Crippen LogP contribution in [0.15, 0.2) is 150 Å². The molecule has 0 saturated carbocycles. The van der Waals surface area contributed by atoms with Crippen LogP contribution in [0.25, 0.3) is 97.1 Å². The van der Waals surface area contributed by atoms with Crippen molar-refractivity contribution in [3.8, 4) is 11.4 Å². The molecule has 0 unspecified atom stereocenters. The van der Waals surface area contributed by atoms with Crippen molar-refractivity contribution in [2.45, 2.75) is 0 Å². The second kappa shape index (κ2) is 8.87. The zero-order valence-corrected chi connectivity index (χ0v) is 25.4. The fourth-order valence-corrected chi connectivity index (χ4v) is 9.17. The maximum Gasteiger partial charge on any atom is 0.159 e. The van der Waals surface area contributed by atoms with Crippen molar-refractivity contribution in [3.63, 3.8) is 0 Å². The summed E-state index contributed by atoms with van der Waals surface area (Å²) in [5.74, 6) is 0. The van der Waals surface area contributed by atoms with Crippen LogP contribution < -0.4 is 0 Å². The number of furan rings is 1. The second-order valence-electron chi connectivity index (χ2n) is 12.1. The topological polar surface area (TPSA) is 23.0 Å². The van der Waals surface area contributed by atoms with Crippen molar-refractivity contribution in [3.05, 3.63) is 146 Å². The molecule has 3 nitrogen and oxygen atoms in total. The van der Waals surface area contributed by atoms with Crippen molar-refractivity contribution in [2.24, 2.45) is 0 Å². The number of aromatic nitrogens is 2. The lowest BCUT2D eigenvalue weighted by Crippen LogP contribution is -1.94. The molecule has 0 aliphatic carbocycles. The third-order valence-corrected chi connectivity index (χ3v) is 10.9. The first-order valence-electron chi connectivity index (χ1n) is 15.6. The van der Waals surface area contributed by atoms with E-state index in [2.05, 4.69) is 149 Å². The van der Waals surface area contributed by atoms with E-state index in [0.717, 1.165) is 27.6 Å². The first kappa shape index (κ1) is 24.5. The number of benzene rings is 7. The van der Waals surface area contributed by atoms with Gasteiger partial charge in [-0.05, 0) is 36.4 Å². The van der Waals surface area contributed by atoms with Gasteiger partial charge in [0.1, 0.15) is 5.58 Å². The largest absolute Gasteiger partial charge is 0.454 e. The molecule has 11 rings (SSSR count). The van der Waals surface area contributed by atoms with E-state index in [1.165, 1.54) is 69.5 Å². The minimum Gasteiger partial charge on any atom is -0.454 e. The lowest BCUT2D eigenvalue weighted by atomic mass is 10.1. The van der Waals surface area contributed by atoms with Crippen LogP contribution >= 0.6 is 11.3 Å². The molecule has 4 aromatic heterocycles. The maximum atomic E-state index is 6.61. The van der Waals surface area contributed by atoms with Gasteiger partial charge in [0.15, 0.2) is 5.58 Å².